The van der Waals surface area contributed by atoms with Gasteiger partial charge in [0.15, 0.2) is 34.6 Å². The van der Waals surface area contributed by atoms with Gasteiger partial charge in [-0.3, -0.25) is 9.59 Å². The standard InChI is InChI=1S/C23H24O6/c1-26-20-9-5-7-16(22(20)28-3)11-13-18(24)15-19(25)14-12-17-8-6-10-21(27-2)23(17)29-4/h5-14H,15H2,1-4H3. The molecule has 0 aliphatic heterocycles. The number of carbonyl (C=O) groups is 2. The van der Waals surface area contributed by atoms with Crippen molar-refractivity contribution in [3.8, 4) is 23.0 Å². The van der Waals surface area contributed by atoms with Crippen LogP contribution in [0.15, 0.2) is 48.6 Å². The van der Waals surface area contributed by atoms with Crippen LogP contribution >= 0.6 is 0 Å². The van der Waals surface area contributed by atoms with Gasteiger partial charge in [0.25, 0.3) is 0 Å². The Balaban J connectivity index is 2.06. The highest BCUT2D eigenvalue weighted by atomic mass is 16.5. The number of ketones is 2. The third-order valence-electron chi connectivity index (χ3n) is 4.11. The third-order valence-corrected chi connectivity index (χ3v) is 4.11. The lowest BCUT2D eigenvalue weighted by atomic mass is 10.1. The molecular formula is C23H24O6. The molecule has 2 aromatic rings. The molecule has 0 aliphatic rings. The monoisotopic (exact) mass is 396 g/mol. The van der Waals surface area contributed by atoms with Gasteiger partial charge in [0, 0.05) is 11.1 Å². The van der Waals surface area contributed by atoms with E-state index in [1.165, 1.54) is 26.4 Å². The molecule has 0 aromatic heterocycles. The van der Waals surface area contributed by atoms with E-state index in [9.17, 15) is 9.59 Å². The van der Waals surface area contributed by atoms with Crippen LogP contribution in [-0.4, -0.2) is 40.0 Å². The summed E-state index contributed by atoms with van der Waals surface area (Å²) in [6.07, 6.45) is 5.67. The van der Waals surface area contributed by atoms with Crippen molar-refractivity contribution in [1.29, 1.82) is 0 Å². The second kappa shape index (κ2) is 10.7. The van der Waals surface area contributed by atoms with Crippen molar-refractivity contribution < 1.29 is 28.5 Å². The van der Waals surface area contributed by atoms with Gasteiger partial charge >= 0.3 is 0 Å². The first-order chi connectivity index (χ1) is 14.0. The van der Waals surface area contributed by atoms with Crippen molar-refractivity contribution in [1.82, 2.24) is 0 Å². The molecule has 0 N–H and O–H groups in total. The molecule has 0 fully saturated rings. The maximum atomic E-state index is 12.2. The molecule has 0 saturated heterocycles. The minimum atomic E-state index is -0.317. The molecule has 0 bridgehead atoms. The minimum absolute atomic E-state index is 0.244. The number of rotatable bonds is 10. The molecular weight excluding hydrogens is 372 g/mol. The molecule has 29 heavy (non-hydrogen) atoms. The summed E-state index contributed by atoms with van der Waals surface area (Å²) < 4.78 is 21.1. The summed E-state index contributed by atoms with van der Waals surface area (Å²) in [7, 11) is 6.13. The molecule has 152 valence electrons. The molecule has 0 aliphatic carbocycles. The van der Waals surface area contributed by atoms with Gasteiger partial charge in [-0.2, -0.15) is 0 Å². The molecule has 6 heteroatoms. The first kappa shape index (κ1) is 21.8. The van der Waals surface area contributed by atoms with Gasteiger partial charge in [-0.1, -0.05) is 24.3 Å². The van der Waals surface area contributed by atoms with Crippen LogP contribution in [0.4, 0.5) is 0 Å². The predicted octanol–water partition coefficient (Wildman–Crippen LogP) is 3.98. The maximum Gasteiger partial charge on any atom is 0.167 e. The van der Waals surface area contributed by atoms with E-state index in [4.69, 9.17) is 18.9 Å². The molecule has 0 radical (unpaired) electrons. The van der Waals surface area contributed by atoms with E-state index in [1.807, 2.05) is 0 Å². The molecule has 0 unspecified atom stereocenters. The molecule has 6 nitrogen and oxygen atoms in total. The topological polar surface area (TPSA) is 71.1 Å². The normalized spacial score (nSPS) is 10.9. The Bertz CT molecular complexity index is 851. The van der Waals surface area contributed by atoms with Gasteiger partial charge in [0.2, 0.25) is 0 Å². The molecule has 2 aromatic carbocycles. The Hall–Kier alpha value is -3.54. The predicted molar refractivity (Wildman–Crippen MR) is 112 cm³/mol. The van der Waals surface area contributed by atoms with Gasteiger partial charge in [-0.15, -0.1) is 0 Å². The summed E-state index contributed by atoms with van der Waals surface area (Å²) in [5, 5.41) is 0. The number of ether oxygens (including phenoxy) is 4. The summed E-state index contributed by atoms with van der Waals surface area (Å²) in [6.45, 7) is 0. The average molecular weight is 396 g/mol. The maximum absolute atomic E-state index is 12.2. The van der Waals surface area contributed by atoms with Crippen molar-refractivity contribution >= 4 is 23.7 Å². The lowest BCUT2D eigenvalue weighted by Crippen LogP contribution is -2.02. The summed E-state index contributed by atoms with van der Waals surface area (Å²) >= 11 is 0. The van der Waals surface area contributed by atoms with Crippen LogP contribution in [0.3, 0.4) is 0 Å². The van der Waals surface area contributed by atoms with E-state index in [1.54, 1.807) is 62.8 Å². The highest BCUT2D eigenvalue weighted by molar-refractivity contribution is 6.11. The van der Waals surface area contributed by atoms with Crippen molar-refractivity contribution in [2.75, 3.05) is 28.4 Å². The van der Waals surface area contributed by atoms with Crippen molar-refractivity contribution in [2.45, 2.75) is 6.42 Å². The molecule has 0 spiro atoms. The second-order valence-corrected chi connectivity index (χ2v) is 5.94. The summed E-state index contributed by atoms with van der Waals surface area (Å²) in [6, 6.07) is 10.7. The Morgan fingerprint density at radius 2 is 1.10 bits per heavy atom. The number of carbonyl (C=O) groups excluding carboxylic acids is 2. The van der Waals surface area contributed by atoms with Gasteiger partial charge in [0.1, 0.15) is 0 Å². The molecule has 2 rings (SSSR count). The fraction of sp³-hybridized carbons (Fsp3) is 0.217. The van der Waals surface area contributed by atoms with Gasteiger partial charge in [0.05, 0.1) is 34.9 Å². The first-order valence-corrected chi connectivity index (χ1v) is 8.87. The van der Waals surface area contributed by atoms with E-state index in [0.29, 0.717) is 34.1 Å². The Morgan fingerprint density at radius 1 is 0.690 bits per heavy atom. The van der Waals surface area contributed by atoms with E-state index in [2.05, 4.69) is 0 Å². The Kier molecular flexibility index (Phi) is 8.03. The number of hydrogen-bond donors (Lipinski definition) is 0. The van der Waals surface area contributed by atoms with Crippen LogP contribution in [0.25, 0.3) is 12.2 Å². The number of benzene rings is 2. The first-order valence-electron chi connectivity index (χ1n) is 8.87. The smallest absolute Gasteiger partial charge is 0.167 e. The van der Waals surface area contributed by atoms with Gasteiger partial charge in [-0.25, -0.2) is 0 Å². The van der Waals surface area contributed by atoms with Gasteiger partial charge in [-0.05, 0) is 36.4 Å². The van der Waals surface area contributed by atoms with Crippen LogP contribution in [0.2, 0.25) is 0 Å². The second-order valence-electron chi connectivity index (χ2n) is 5.94. The highest BCUT2D eigenvalue weighted by Crippen LogP contribution is 2.32. The van der Waals surface area contributed by atoms with Crippen LogP contribution < -0.4 is 18.9 Å². The number of allylic oxidation sites excluding steroid dienone is 2. The molecule has 0 heterocycles. The minimum Gasteiger partial charge on any atom is -0.493 e. The van der Waals surface area contributed by atoms with Crippen molar-refractivity contribution in [3.05, 3.63) is 59.7 Å². The summed E-state index contributed by atoms with van der Waals surface area (Å²) in [4.78, 5) is 24.3. The zero-order chi connectivity index (χ0) is 21.2. The SMILES string of the molecule is COc1cccc(C=CC(=O)CC(=O)C=Cc2cccc(OC)c2OC)c1OC. The zero-order valence-corrected chi connectivity index (χ0v) is 16.9. The average Bonchev–Trinajstić information content (AvgIpc) is 2.75. The molecule has 0 amide bonds. The number of para-hydroxylation sites is 2. The zero-order valence-electron chi connectivity index (χ0n) is 16.9. The van der Waals surface area contributed by atoms with Crippen LogP contribution in [0.5, 0.6) is 23.0 Å². The fourth-order valence-electron chi connectivity index (χ4n) is 2.74. The van der Waals surface area contributed by atoms with Crippen LogP contribution in [0, 0.1) is 0 Å². The number of hydrogen-bond acceptors (Lipinski definition) is 6. The molecule has 0 saturated carbocycles. The lowest BCUT2D eigenvalue weighted by Gasteiger charge is -2.09. The quantitative estimate of drug-likeness (QED) is 0.447. The van der Waals surface area contributed by atoms with Gasteiger partial charge < -0.3 is 18.9 Å². The number of methoxy groups -OCH3 is 4. The van der Waals surface area contributed by atoms with Crippen molar-refractivity contribution in [2.24, 2.45) is 0 Å². The van der Waals surface area contributed by atoms with E-state index in [-0.39, 0.29) is 18.0 Å². The van der Waals surface area contributed by atoms with E-state index < -0.39 is 0 Å². The van der Waals surface area contributed by atoms with E-state index >= 15 is 0 Å². The largest absolute Gasteiger partial charge is 0.493 e. The van der Waals surface area contributed by atoms with Crippen molar-refractivity contribution in [3.63, 3.8) is 0 Å². The summed E-state index contributed by atoms with van der Waals surface area (Å²) in [5.41, 5.74) is 1.37. The Labute approximate surface area is 170 Å². The fourth-order valence-corrected chi connectivity index (χ4v) is 2.74. The van der Waals surface area contributed by atoms with Crippen LogP contribution in [0.1, 0.15) is 17.5 Å². The third kappa shape index (κ3) is 5.72. The summed E-state index contributed by atoms with van der Waals surface area (Å²) in [5.74, 6) is 1.54. The van der Waals surface area contributed by atoms with E-state index in [0.717, 1.165) is 0 Å². The molecule has 0 atom stereocenters. The lowest BCUT2D eigenvalue weighted by molar-refractivity contribution is -0.121. The highest BCUT2D eigenvalue weighted by Gasteiger charge is 2.10. The Morgan fingerprint density at radius 3 is 1.45 bits per heavy atom. The van der Waals surface area contributed by atoms with Crippen LogP contribution in [-0.2, 0) is 9.59 Å².